The first-order valence-electron chi connectivity index (χ1n) is 11.2. The van der Waals surface area contributed by atoms with Crippen LogP contribution in [0, 0.1) is 5.92 Å². The number of rotatable bonds is 13. The number of carboxylic acids is 1. The van der Waals surface area contributed by atoms with Crippen LogP contribution in [0.5, 0.6) is 5.75 Å². The molecule has 180 valence electrons. The normalized spacial score (nSPS) is 14.5. The molecule has 0 heterocycles. The quantitative estimate of drug-likeness (QED) is 0.375. The fraction of sp³-hybridized carbons (Fsp3) is 0.440. The van der Waals surface area contributed by atoms with Crippen LogP contribution in [-0.2, 0) is 22.6 Å². The summed E-state index contributed by atoms with van der Waals surface area (Å²) in [4.78, 5) is 23.2. The van der Waals surface area contributed by atoms with Crippen LogP contribution in [0.4, 0.5) is 4.79 Å². The third-order valence-electron chi connectivity index (χ3n) is 5.39. The van der Waals surface area contributed by atoms with Crippen LogP contribution in [-0.4, -0.2) is 42.4 Å². The van der Waals surface area contributed by atoms with E-state index < -0.39 is 18.1 Å². The molecule has 1 aliphatic carbocycles. The smallest absolute Gasteiger partial charge is 0.407 e. The van der Waals surface area contributed by atoms with E-state index in [4.69, 9.17) is 9.47 Å². The number of alkyl carbamates (subject to hydrolysis) is 1. The number of hydrogen-bond donors (Lipinski definition) is 3. The van der Waals surface area contributed by atoms with Crippen LogP contribution in [0.3, 0.4) is 0 Å². The van der Waals surface area contributed by atoms with Gasteiger partial charge in [-0.25, -0.2) is 4.79 Å². The molecular weight excluding hydrogens is 444 g/mol. The summed E-state index contributed by atoms with van der Waals surface area (Å²) in [5, 5.41) is 15.2. The summed E-state index contributed by atoms with van der Waals surface area (Å²) >= 11 is 0. The largest absolute Gasteiger partial charge is 0.489 e. The predicted molar refractivity (Wildman–Crippen MR) is 129 cm³/mol. The minimum absolute atomic E-state index is 0. The highest BCUT2D eigenvalue weighted by Gasteiger charge is 2.36. The molecular formula is C25H33ClN2O5. The van der Waals surface area contributed by atoms with Gasteiger partial charge in [-0.3, -0.25) is 4.79 Å². The van der Waals surface area contributed by atoms with Crippen molar-refractivity contribution in [2.24, 2.45) is 5.92 Å². The molecule has 2 atom stereocenters. The molecule has 0 bridgehead atoms. The second-order valence-electron chi connectivity index (χ2n) is 8.19. The SMILES string of the molecule is C[C@H](CN[C@H](C(=O)O)C1CC1)Oc1ccccc1CCCNC(=O)OCc1ccccc1.Cl. The summed E-state index contributed by atoms with van der Waals surface area (Å²) in [5.74, 6) is 0.223. The van der Waals surface area contributed by atoms with Gasteiger partial charge in [0.05, 0.1) is 0 Å². The maximum absolute atomic E-state index is 11.9. The Bertz CT molecular complexity index is 876. The van der Waals surface area contributed by atoms with E-state index in [0.717, 1.165) is 42.6 Å². The van der Waals surface area contributed by atoms with Gasteiger partial charge in [0.25, 0.3) is 0 Å². The first-order chi connectivity index (χ1) is 15.5. The lowest BCUT2D eigenvalue weighted by Gasteiger charge is -2.20. The summed E-state index contributed by atoms with van der Waals surface area (Å²) in [6.07, 6.45) is 2.83. The summed E-state index contributed by atoms with van der Waals surface area (Å²) in [7, 11) is 0. The number of aryl methyl sites for hydroxylation is 1. The van der Waals surface area contributed by atoms with Gasteiger partial charge in [-0.05, 0) is 55.7 Å². The standard InChI is InChI=1S/C25H32N2O5.ClH/c1-18(16-27-23(24(28)29)21-13-14-21)32-22-12-6-5-10-20(22)11-7-15-26-25(30)31-17-19-8-3-2-4-9-19;/h2-6,8-10,12,18,21,23,27H,7,11,13-17H2,1H3,(H,26,30)(H,28,29);1H/t18-,23+;/m1./s1. The number of carbonyl (C=O) groups excluding carboxylic acids is 1. The third-order valence-corrected chi connectivity index (χ3v) is 5.39. The minimum atomic E-state index is -0.796. The van der Waals surface area contributed by atoms with Gasteiger partial charge in [0.2, 0.25) is 0 Å². The van der Waals surface area contributed by atoms with Crippen molar-refractivity contribution in [2.75, 3.05) is 13.1 Å². The van der Waals surface area contributed by atoms with E-state index in [9.17, 15) is 14.7 Å². The van der Waals surface area contributed by atoms with Gasteiger partial charge in [0.15, 0.2) is 0 Å². The molecule has 3 rings (SSSR count). The maximum atomic E-state index is 11.9. The molecule has 3 N–H and O–H groups in total. The van der Waals surface area contributed by atoms with Crippen molar-refractivity contribution in [1.82, 2.24) is 10.6 Å². The average Bonchev–Trinajstić information content (AvgIpc) is 3.62. The molecule has 0 unspecified atom stereocenters. The molecule has 0 radical (unpaired) electrons. The third kappa shape index (κ3) is 9.32. The van der Waals surface area contributed by atoms with E-state index in [2.05, 4.69) is 10.6 Å². The number of benzene rings is 2. The number of carbonyl (C=O) groups is 2. The van der Waals surface area contributed by atoms with Crippen molar-refractivity contribution < 1.29 is 24.2 Å². The van der Waals surface area contributed by atoms with Crippen molar-refractivity contribution in [3.8, 4) is 5.75 Å². The second-order valence-corrected chi connectivity index (χ2v) is 8.19. The van der Waals surface area contributed by atoms with E-state index in [1.165, 1.54) is 0 Å². The zero-order chi connectivity index (χ0) is 22.8. The Morgan fingerprint density at radius 3 is 2.48 bits per heavy atom. The van der Waals surface area contributed by atoms with E-state index in [1.807, 2.05) is 61.5 Å². The van der Waals surface area contributed by atoms with Gasteiger partial charge >= 0.3 is 12.1 Å². The van der Waals surface area contributed by atoms with Gasteiger partial charge in [0, 0.05) is 13.1 Å². The number of aliphatic carboxylic acids is 1. The van der Waals surface area contributed by atoms with Crippen LogP contribution in [0.15, 0.2) is 54.6 Å². The minimum Gasteiger partial charge on any atom is -0.489 e. The van der Waals surface area contributed by atoms with Crippen LogP contribution in [0.2, 0.25) is 0 Å². The van der Waals surface area contributed by atoms with Gasteiger partial charge < -0.3 is 25.2 Å². The van der Waals surface area contributed by atoms with Gasteiger partial charge in [-0.2, -0.15) is 0 Å². The van der Waals surface area contributed by atoms with Crippen LogP contribution in [0.25, 0.3) is 0 Å². The highest BCUT2D eigenvalue weighted by molar-refractivity contribution is 5.85. The number of halogens is 1. The molecule has 7 nitrogen and oxygen atoms in total. The molecule has 2 aromatic carbocycles. The summed E-state index contributed by atoms with van der Waals surface area (Å²) in [5.41, 5.74) is 2.00. The van der Waals surface area contributed by atoms with Crippen molar-refractivity contribution in [2.45, 2.75) is 51.4 Å². The Morgan fingerprint density at radius 1 is 1.09 bits per heavy atom. The summed E-state index contributed by atoms with van der Waals surface area (Å²) in [6, 6.07) is 16.9. The van der Waals surface area contributed by atoms with Crippen molar-refractivity contribution in [1.29, 1.82) is 0 Å². The number of nitrogens with one attached hydrogen (secondary N) is 2. The highest BCUT2D eigenvalue weighted by Crippen LogP contribution is 2.32. The van der Waals surface area contributed by atoms with Crippen LogP contribution in [0.1, 0.15) is 37.3 Å². The van der Waals surface area contributed by atoms with Crippen molar-refractivity contribution in [3.63, 3.8) is 0 Å². The Hall–Kier alpha value is -2.77. The lowest BCUT2D eigenvalue weighted by molar-refractivity contribution is -0.140. The van der Waals surface area contributed by atoms with E-state index in [1.54, 1.807) is 0 Å². The number of amides is 1. The van der Waals surface area contributed by atoms with E-state index in [0.29, 0.717) is 13.1 Å². The number of carboxylic acid groups (broad SMARTS) is 1. The zero-order valence-corrected chi connectivity index (χ0v) is 19.7. The molecule has 2 aromatic rings. The summed E-state index contributed by atoms with van der Waals surface area (Å²) < 4.78 is 11.3. The Kier molecular flexibility index (Phi) is 11.0. The Balaban J connectivity index is 0.00000385. The predicted octanol–water partition coefficient (Wildman–Crippen LogP) is 4.19. The highest BCUT2D eigenvalue weighted by atomic mass is 35.5. The van der Waals surface area contributed by atoms with E-state index in [-0.39, 0.29) is 31.0 Å². The molecule has 33 heavy (non-hydrogen) atoms. The first kappa shape index (κ1) is 26.5. The first-order valence-corrected chi connectivity index (χ1v) is 11.2. The second kappa shape index (κ2) is 13.7. The maximum Gasteiger partial charge on any atom is 0.407 e. The zero-order valence-electron chi connectivity index (χ0n) is 18.9. The molecule has 8 heteroatoms. The number of para-hydroxylation sites is 1. The number of ether oxygens (including phenoxy) is 2. The van der Waals surface area contributed by atoms with Gasteiger partial charge in [-0.15, -0.1) is 12.4 Å². The lowest BCUT2D eigenvalue weighted by atomic mass is 10.1. The molecule has 0 aliphatic heterocycles. The van der Waals surface area contributed by atoms with E-state index >= 15 is 0 Å². The molecule has 0 aromatic heterocycles. The molecule has 0 saturated heterocycles. The molecule has 1 aliphatic rings. The fourth-order valence-corrected chi connectivity index (χ4v) is 3.51. The molecule has 1 fully saturated rings. The van der Waals surface area contributed by atoms with Gasteiger partial charge in [-0.1, -0.05) is 48.5 Å². The lowest BCUT2D eigenvalue weighted by Crippen LogP contribution is -2.43. The van der Waals surface area contributed by atoms with Crippen LogP contribution >= 0.6 is 12.4 Å². The number of hydrogen-bond acceptors (Lipinski definition) is 5. The van der Waals surface area contributed by atoms with Gasteiger partial charge in [0.1, 0.15) is 24.5 Å². The topological polar surface area (TPSA) is 96.9 Å². The fourth-order valence-electron chi connectivity index (χ4n) is 3.51. The average molecular weight is 477 g/mol. The van der Waals surface area contributed by atoms with Crippen LogP contribution < -0.4 is 15.4 Å². The summed E-state index contributed by atoms with van der Waals surface area (Å²) in [6.45, 7) is 3.15. The van der Waals surface area contributed by atoms with Crippen molar-refractivity contribution >= 4 is 24.5 Å². The Labute approximate surface area is 201 Å². The molecule has 1 saturated carbocycles. The Morgan fingerprint density at radius 2 is 1.79 bits per heavy atom. The monoisotopic (exact) mass is 476 g/mol. The molecule has 1 amide bonds. The molecule has 0 spiro atoms. The van der Waals surface area contributed by atoms with Crippen molar-refractivity contribution in [3.05, 3.63) is 65.7 Å².